The van der Waals surface area contributed by atoms with Crippen LogP contribution in [0.5, 0.6) is 11.5 Å². The Morgan fingerprint density at radius 2 is 1.92 bits per heavy atom. The van der Waals surface area contributed by atoms with Crippen LogP contribution >= 0.6 is 0 Å². The van der Waals surface area contributed by atoms with E-state index in [4.69, 9.17) is 9.47 Å². The Bertz CT molecular complexity index is 1210. The Kier molecular flexibility index (Phi) is 9.11. The summed E-state index contributed by atoms with van der Waals surface area (Å²) in [6.45, 7) is 2.77. The molecule has 0 fully saturated rings. The summed E-state index contributed by atoms with van der Waals surface area (Å²) in [6.07, 6.45) is 5.47. The monoisotopic (exact) mass is 484 g/mol. The number of H-pyrrole nitrogens is 1. The van der Waals surface area contributed by atoms with Crippen molar-refractivity contribution < 1.29 is 14.3 Å². The van der Waals surface area contributed by atoms with Crippen molar-refractivity contribution >= 4 is 12.0 Å². The SMILES string of the molecule is CNc1ccc(-c2cn[nH]c2)cc1OCCNCc1ccccc1.O=CC1COc2ccccc2C1. The van der Waals surface area contributed by atoms with Crippen molar-refractivity contribution in [2.24, 2.45) is 5.92 Å². The third kappa shape index (κ3) is 6.96. The van der Waals surface area contributed by atoms with Gasteiger partial charge in [-0.25, -0.2) is 0 Å². The van der Waals surface area contributed by atoms with Crippen LogP contribution in [0.1, 0.15) is 11.1 Å². The Labute approximate surface area is 211 Å². The topological polar surface area (TPSA) is 88.3 Å². The molecular formula is C29H32N4O3. The van der Waals surface area contributed by atoms with E-state index in [9.17, 15) is 4.79 Å². The fourth-order valence-electron chi connectivity index (χ4n) is 3.94. The fraction of sp³-hybridized carbons (Fsp3) is 0.241. The molecule has 1 unspecified atom stereocenters. The minimum absolute atomic E-state index is 0.0416. The standard InChI is InChI=1S/C19H22N4O.C10H10O2/c1-20-18-8-7-16(17-13-22-23-14-17)11-19(18)24-10-9-21-12-15-5-3-2-4-6-15;11-6-8-5-9-3-1-2-4-10(9)12-7-8/h2-8,11,13-14,20-21H,9-10,12H2,1H3,(H,22,23);1-4,6,8H,5,7H2. The molecule has 5 rings (SSSR count). The fourth-order valence-corrected chi connectivity index (χ4v) is 3.94. The molecule has 7 heteroatoms. The van der Waals surface area contributed by atoms with Crippen molar-refractivity contribution in [1.82, 2.24) is 15.5 Å². The highest BCUT2D eigenvalue weighted by molar-refractivity contribution is 5.70. The summed E-state index contributed by atoms with van der Waals surface area (Å²) in [5, 5.41) is 13.4. The normalized spacial score (nSPS) is 14.0. The molecule has 1 atom stereocenters. The maximum Gasteiger partial charge on any atom is 0.143 e. The molecule has 3 N–H and O–H groups in total. The number of rotatable bonds is 9. The third-order valence-electron chi connectivity index (χ3n) is 5.89. The molecule has 0 radical (unpaired) electrons. The van der Waals surface area contributed by atoms with Gasteiger partial charge in [0.1, 0.15) is 24.4 Å². The van der Waals surface area contributed by atoms with E-state index < -0.39 is 0 Å². The molecule has 1 aliphatic rings. The van der Waals surface area contributed by atoms with Crippen LogP contribution in [-0.4, -0.2) is 43.3 Å². The minimum atomic E-state index is 0.0416. The summed E-state index contributed by atoms with van der Waals surface area (Å²) in [6, 6.07) is 24.3. The summed E-state index contributed by atoms with van der Waals surface area (Å²) in [4.78, 5) is 10.5. The lowest BCUT2D eigenvalue weighted by Crippen LogP contribution is -2.21. The van der Waals surface area contributed by atoms with Crippen LogP contribution in [0.3, 0.4) is 0 Å². The van der Waals surface area contributed by atoms with Crippen LogP contribution < -0.4 is 20.1 Å². The lowest BCUT2D eigenvalue weighted by Gasteiger charge is -2.20. The van der Waals surface area contributed by atoms with E-state index in [2.05, 4.69) is 39.0 Å². The number of benzene rings is 3. The number of nitrogens with zero attached hydrogens (tertiary/aromatic N) is 1. The molecule has 0 amide bonds. The number of aldehydes is 1. The van der Waals surface area contributed by atoms with Crippen molar-refractivity contribution in [3.8, 4) is 22.6 Å². The van der Waals surface area contributed by atoms with Gasteiger partial charge < -0.3 is 24.9 Å². The van der Waals surface area contributed by atoms with E-state index in [0.29, 0.717) is 13.2 Å². The number of aromatic nitrogens is 2. The Morgan fingerprint density at radius 3 is 2.69 bits per heavy atom. The molecule has 4 aromatic rings. The van der Waals surface area contributed by atoms with Gasteiger partial charge in [-0.15, -0.1) is 0 Å². The summed E-state index contributed by atoms with van der Waals surface area (Å²) >= 11 is 0. The second kappa shape index (κ2) is 13.1. The van der Waals surface area contributed by atoms with Gasteiger partial charge in [-0.3, -0.25) is 5.10 Å². The predicted molar refractivity (Wildman–Crippen MR) is 142 cm³/mol. The van der Waals surface area contributed by atoms with E-state index >= 15 is 0 Å². The van der Waals surface area contributed by atoms with E-state index in [-0.39, 0.29) is 5.92 Å². The van der Waals surface area contributed by atoms with Crippen molar-refractivity contribution in [1.29, 1.82) is 0 Å². The molecule has 1 aliphatic heterocycles. The number of para-hydroxylation sites is 1. The first-order valence-electron chi connectivity index (χ1n) is 12.1. The van der Waals surface area contributed by atoms with Gasteiger partial charge in [0.05, 0.1) is 24.4 Å². The first-order valence-corrected chi connectivity index (χ1v) is 12.1. The average Bonchev–Trinajstić information content (AvgIpc) is 3.49. The van der Waals surface area contributed by atoms with Crippen LogP contribution in [0.25, 0.3) is 11.1 Å². The van der Waals surface area contributed by atoms with Gasteiger partial charge in [-0.1, -0.05) is 54.6 Å². The summed E-state index contributed by atoms with van der Waals surface area (Å²) in [5.41, 5.74) is 5.52. The van der Waals surface area contributed by atoms with Gasteiger partial charge in [0, 0.05) is 31.9 Å². The summed E-state index contributed by atoms with van der Waals surface area (Å²) in [7, 11) is 1.90. The number of hydrogen-bond acceptors (Lipinski definition) is 6. The lowest BCUT2D eigenvalue weighted by molar-refractivity contribution is -0.112. The Hall–Kier alpha value is -4.10. The van der Waals surface area contributed by atoms with E-state index in [1.165, 1.54) is 5.56 Å². The highest BCUT2D eigenvalue weighted by Crippen LogP contribution is 2.30. The van der Waals surface area contributed by atoms with Gasteiger partial charge in [-0.05, 0) is 41.3 Å². The van der Waals surface area contributed by atoms with Crippen LogP contribution in [0.2, 0.25) is 0 Å². The molecule has 1 aromatic heterocycles. The molecule has 186 valence electrons. The largest absolute Gasteiger partial charge is 0.493 e. The van der Waals surface area contributed by atoms with E-state index in [1.807, 2.05) is 67.8 Å². The quantitative estimate of drug-likeness (QED) is 0.235. The van der Waals surface area contributed by atoms with Gasteiger partial charge in [-0.2, -0.15) is 5.10 Å². The van der Waals surface area contributed by atoms with E-state index in [1.54, 1.807) is 6.20 Å². The number of fused-ring (bicyclic) bond motifs is 1. The Balaban J connectivity index is 0.000000211. The number of ether oxygens (including phenoxy) is 2. The molecule has 7 nitrogen and oxygen atoms in total. The lowest BCUT2D eigenvalue weighted by atomic mass is 9.98. The van der Waals surface area contributed by atoms with Crippen LogP contribution in [0.4, 0.5) is 5.69 Å². The molecule has 0 bridgehead atoms. The number of anilines is 1. The van der Waals surface area contributed by atoms with Crippen LogP contribution in [0.15, 0.2) is 85.2 Å². The van der Waals surface area contributed by atoms with Crippen molar-refractivity contribution in [3.63, 3.8) is 0 Å². The Morgan fingerprint density at radius 1 is 1.08 bits per heavy atom. The number of aromatic amines is 1. The summed E-state index contributed by atoms with van der Waals surface area (Å²) in [5.74, 6) is 1.81. The van der Waals surface area contributed by atoms with Gasteiger partial charge in [0.25, 0.3) is 0 Å². The smallest absolute Gasteiger partial charge is 0.143 e. The molecule has 3 aromatic carbocycles. The summed E-state index contributed by atoms with van der Waals surface area (Å²) < 4.78 is 11.3. The molecule has 0 aliphatic carbocycles. The van der Waals surface area contributed by atoms with Crippen LogP contribution in [-0.2, 0) is 17.8 Å². The minimum Gasteiger partial charge on any atom is -0.493 e. The zero-order valence-electron chi connectivity index (χ0n) is 20.4. The molecule has 0 saturated heterocycles. The zero-order valence-corrected chi connectivity index (χ0v) is 20.4. The first kappa shape index (κ1) is 25.0. The second-order valence-electron chi connectivity index (χ2n) is 8.48. The highest BCUT2D eigenvalue weighted by atomic mass is 16.5. The molecule has 36 heavy (non-hydrogen) atoms. The molecule has 0 saturated carbocycles. The number of hydrogen-bond donors (Lipinski definition) is 3. The number of carbonyl (C=O) groups is 1. The number of carbonyl (C=O) groups excluding carboxylic acids is 1. The van der Waals surface area contributed by atoms with Crippen molar-refractivity contribution in [3.05, 3.63) is 96.3 Å². The van der Waals surface area contributed by atoms with E-state index in [0.717, 1.165) is 59.7 Å². The molecular weight excluding hydrogens is 452 g/mol. The van der Waals surface area contributed by atoms with Gasteiger partial charge in [0.15, 0.2) is 0 Å². The average molecular weight is 485 g/mol. The van der Waals surface area contributed by atoms with Gasteiger partial charge >= 0.3 is 0 Å². The third-order valence-corrected chi connectivity index (χ3v) is 5.89. The zero-order chi connectivity index (χ0) is 25.0. The van der Waals surface area contributed by atoms with Crippen molar-refractivity contribution in [2.45, 2.75) is 13.0 Å². The van der Waals surface area contributed by atoms with Gasteiger partial charge in [0.2, 0.25) is 0 Å². The highest BCUT2D eigenvalue weighted by Gasteiger charge is 2.18. The number of nitrogens with one attached hydrogen (secondary N) is 3. The predicted octanol–water partition coefficient (Wildman–Crippen LogP) is 4.72. The maximum absolute atomic E-state index is 10.5. The van der Waals surface area contributed by atoms with Crippen LogP contribution in [0, 0.1) is 5.92 Å². The first-order chi connectivity index (χ1) is 17.8. The molecule has 2 heterocycles. The maximum atomic E-state index is 10.5. The molecule has 0 spiro atoms. The second-order valence-corrected chi connectivity index (χ2v) is 8.48. The van der Waals surface area contributed by atoms with Crippen molar-refractivity contribution in [2.75, 3.05) is 32.1 Å².